The molecule has 88 valence electrons. The zero-order chi connectivity index (χ0) is 12.4. The SMILES string of the molecule is Nc1ccc(O)c(Oc2cc(O)ccc2N)c1. The molecule has 0 atom stereocenters. The summed E-state index contributed by atoms with van der Waals surface area (Å²) in [6.07, 6.45) is 0. The molecule has 0 spiro atoms. The Hall–Kier alpha value is -2.56. The third kappa shape index (κ3) is 2.34. The Morgan fingerprint density at radius 2 is 1.65 bits per heavy atom. The minimum Gasteiger partial charge on any atom is -0.508 e. The summed E-state index contributed by atoms with van der Waals surface area (Å²) in [6.45, 7) is 0. The van der Waals surface area contributed by atoms with E-state index in [0.717, 1.165) is 0 Å². The number of anilines is 2. The molecule has 2 aromatic rings. The van der Waals surface area contributed by atoms with Crippen LogP contribution in [-0.4, -0.2) is 10.2 Å². The second-order valence-electron chi connectivity index (χ2n) is 3.55. The molecule has 0 amide bonds. The molecule has 5 nitrogen and oxygen atoms in total. The summed E-state index contributed by atoms with van der Waals surface area (Å²) in [5, 5.41) is 18.9. The van der Waals surface area contributed by atoms with Crippen molar-refractivity contribution in [1.29, 1.82) is 0 Å². The van der Waals surface area contributed by atoms with Crippen LogP contribution in [0.2, 0.25) is 0 Å². The van der Waals surface area contributed by atoms with Gasteiger partial charge in [0.05, 0.1) is 5.69 Å². The van der Waals surface area contributed by atoms with E-state index in [4.69, 9.17) is 16.2 Å². The number of rotatable bonds is 2. The van der Waals surface area contributed by atoms with Gasteiger partial charge in [0.2, 0.25) is 0 Å². The van der Waals surface area contributed by atoms with Gasteiger partial charge in [-0.2, -0.15) is 0 Å². The van der Waals surface area contributed by atoms with Crippen LogP contribution < -0.4 is 16.2 Å². The van der Waals surface area contributed by atoms with Crippen molar-refractivity contribution in [1.82, 2.24) is 0 Å². The number of phenolic OH excluding ortho intramolecular Hbond substituents is 2. The van der Waals surface area contributed by atoms with E-state index < -0.39 is 0 Å². The molecule has 2 aromatic carbocycles. The van der Waals surface area contributed by atoms with E-state index in [-0.39, 0.29) is 23.0 Å². The maximum atomic E-state index is 9.57. The fraction of sp³-hybridized carbons (Fsp3) is 0. The van der Waals surface area contributed by atoms with Crippen molar-refractivity contribution < 1.29 is 14.9 Å². The lowest BCUT2D eigenvalue weighted by molar-refractivity contribution is 0.409. The summed E-state index contributed by atoms with van der Waals surface area (Å²) in [7, 11) is 0. The van der Waals surface area contributed by atoms with Gasteiger partial charge in [-0.15, -0.1) is 0 Å². The van der Waals surface area contributed by atoms with Gasteiger partial charge in [-0.1, -0.05) is 0 Å². The third-order valence-electron chi connectivity index (χ3n) is 2.20. The van der Waals surface area contributed by atoms with Crippen molar-refractivity contribution in [2.24, 2.45) is 0 Å². The first-order valence-electron chi connectivity index (χ1n) is 4.91. The van der Waals surface area contributed by atoms with Gasteiger partial charge >= 0.3 is 0 Å². The maximum Gasteiger partial charge on any atom is 0.171 e. The molecule has 0 bridgehead atoms. The van der Waals surface area contributed by atoms with E-state index in [0.29, 0.717) is 11.4 Å². The number of nitrogens with two attached hydrogens (primary N) is 2. The Morgan fingerprint density at radius 3 is 2.41 bits per heavy atom. The standard InChI is InChI=1S/C12H12N2O3/c13-7-1-4-10(16)12(5-7)17-11-6-8(15)2-3-9(11)14/h1-6,15-16H,13-14H2. The molecule has 0 aliphatic rings. The molecule has 6 N–H and O–H groups in total. The number of benzene rings is 2. The summed E-state index contributed by atoms with van der Waals surface area (Å²) in [6, 6.07) is 8.75. The van der Waals surface area contributed by atoms with Gasteiger partial charge < -0.3 is 26.4 Å². The molecule has 0 aliphatic heterocycles. The number of phenols is 2. The molecule has 0 saturated heterocycles. The third-order valence-corrected chi connectivity index (χ3v) is 2.20. The van der Waals surface area contributed by atoms with Gasteiger partial charge in [-0.25, -0.2) is 0 Å². The molecule has 0 radical (unpaired) electrons. The van der Waals surface area contributed by atoms with E-state index in [1.807, 2.05) is 0 Å². The molecule has 2 rings (SSSR count). The van der Waals surface area contributed by atoms with Crippen molar-refractivity contribution in [3.05, 3.63) is 36.4 Å². The first-order valence-corrected chi connectivity index (χ1v) is 4.91. The molecule has 0 aliphatic carbocycles. The predicted octanol–water partition coefficient (Wildman–Crippen LogP) is 2.05. The zero-order valence-electron chi connectivity index (χ0n) is 8.92. The maximum absolute atomic E-state index is 9.57. The van der Waals surface area contributed by atoms with E-state index in [9.17, 15) is 10.2 Å². The quantitative estimate of drug-likeness (QED) is 0.469. The van der Waals surface area contributed by atoms with Crippen LogP contribution in [-0.2, 0) is 0 Å². The number of nitrogen functional groups attached to an aromatic ring is 2. The van der Waals surface area contributed by atoms with E-state index in [1.54, 1.807) is 6.07 Å². The monoisotopic (exact) mass is 232 g/mol. The highest BCUT2D eigenvalue weighted by Gasteiger charge is 2.07. The van der Waals surface area contributed by atoms with Gasteiger partial charge in [0.15, 0.2) is 17.2 Å². The van der Waals surface area contributed by atoms with Gasteiger partial charge in [0, 0.05) is 17.8 Å². The summed E-state index contributed by atoms with van der Waals surface area (Å²) in [4.78, 5) is 0. The summed E-state index contributed by atoms with van der Waals surface area (Å²) in [5.41, 5.74) is 12.1. The molecule has 0 saturated carbocycles. The number of hydrogen-bond acceptors (Lipinski definition) is 5. The summed E-state index contributed by atoms with van der Waals surface area (Å²) >= 11 is 0. The Morgan fingerprint density at radius 1 is 0.882 bits per heavy atom. The largest absolute Gasteiger partial charge is 0.508 e. The molecule has 0 aromatic heterocycles. The van der Waals surface area contributed by atoms with Crippen LogP contribution in [0.5, 0.6) is 23.0 Å². The Balaban J connectivity index is 2.37. The minimum atomic E-state index is -0.0538. The predicted molar refractivity (Wildman–Crippen MR) is 65.1 cm³/mol. The molecule has 0 fully saturated rings. The van der Waals surface area contributed by atoms with Crippen LogP contribution in [0.15, 0.2) is 36.4 Å². The normalized spacial score (nSPS) is 10.1. The second-order valence-corrected chi connectivity index (χ2v) is 3.55. The molecular weight excluding hydrogens is 220 g/mol. The lowest BCUT2D eigenvalue weighted by Gasteiger charge is -2.10. The first kappa shape index (κ1) is 10.9. The smallest absolute Gasteiger partial charge is 0.171 e. The highest BCUT2D eigenvalue weighted by Crippen LogP contribution is 2.36. The lowest BCUT2D eigenvalue weighted by Crippen LogP contribution is -1.93. The van der Waals surface area contributed by atoms with Crippen LogP contribution in [0.1, 0.15) is 0 Å². The Kier molecular flexibility index (Phi) is 2.66. The van der Waals surface area contributed by atoms with Crippen LogP contribution in [0.4, 0.5) is 11.4 Å². The minimum absolute atomic E-state index is 0.0255. The zero-order valence-corrected chi connectivity index (χ0v) is 8.92. The van der Waals surface area contributed by atoms with Crippen LogP contribution in [0.3, 0.4) is 0 Å². The van der Waals surface area contributed by atoms with Crippen LogP contribution in [0, 0.1) is 0 Å². The average molecular weight is 232 g/mol. The first-order chi connectivity index (χ1) is 8.06. The van der Waals surface area contributed by atoms with Crippen molar-refractivity contribution in [2.45, 2.75) is 0 Å². The number of ether oxygens (including phenoxy) is 1. The number of hydrogen-bond donors (Lipinski definition) is 4. The molecular formula is C12H12N2O3. The van der Waals surface area contributed by atoms with Gasteiger partial charge in [-0.05, 0) is 24.3 Å². The van der Waals surface area contributed by atoms with E-state index in [1.165, 1.54) is 30.3 Å². The average Bonchev–Trinajstić information content (AvgIpc) is 2.28. The van der Waals surface area contributed by atoms with Crippen LogP contribution >= 0.6 is 0 Å². The molecule has 0 unspecified atom stereocenters. The molecule has 0 heterocycles. The molecule has 5 heteroatoms. The summed E-state index contributed by atoms with van der Waals surface area (Å²) in [5.74, 6) is 0.410. The van der Waals surface area contributed by atoms with Gasteiger partial charge in [0.1, 0.15) is 5.75 Å². The van der Waals surface area contributed by atoms with Crippen molar-refractivity contribution in [3.8, 4) is 23.0 Å². The van der Waals surface area contributed by atoms with Crippen molar-refractivity contribution in [3.63, 3.8) is 0 Å². The van der Waals surface area contributed by atoms with E-state index >= 15 is 0 Å². The number of aromatic hydroxyl groups is 2. The highest BCUT2D eigenvalue weighted by atomic mass is 16.5. The van der Waals surface area contributed by atoms with Gasteiger partial charge in [0.25, 0.3) is 0 Å². The Labute approximate surface area is 97.9 Å². The highest BCUT2D eigenvalue weighted by molar-refractivity contribution is 5.59. The van der Waals surface area contributed by atoms with Gasteiger partial charge in [-0.3, -0.25) is 0 Å². The second kappa shape index (κ2) is 4.13. The Bertz CT molecular complexity index is 506. The van der Waals surface area contributed by atoms with E-state index in [2.05, 4.69) is 0 Å². The fourth-order valence-corrected chi connectivity index (χ4v) is 1.34. The fourth-order valence-electron chi connectivity index (χ4n) is 1.34. The van der Waals surface area contributed by atoms with Crippen molar-refractivity contribution in [2.75, 3.05) is 11.5 Å². The van der Waals surface area contributed by atoms with Crippen LogP contribution in [0.25, 0.3) is 0 Å². The summed E-state index contributed by atoms with van der Waals surface area (Å²) < 4.78 is 5.39. The topological polar surface area (TPSA) is 102 Å². The molecule has 17 heavy (non-hydrogen) atoms. The van der Waals surface area contributed by atoms with Crippen molar-refractivity contribution >= 4 is 11.4 Å². The lowest BCUT2D eigenvalue weighted by atomic mass is 10.2.